The maximum atomic E-state index is 13.1. The SMILES string of the molecule is CCn1cc(C(=O)N[C@@H](C)C(=O)NC(C)CCc2ccco2)c(=O)c2cc3c(cc21)OCO3. The molecule has 2 atom stereocenters. The summed E-state index contributed by atoms with van der Waals surface area (Å²) in [5.74, 6) is 0.954. The molecule has 1 aliphatic heterocycles. The van der Waals surface area contributed by atoms with Crippen molar-refractivity contribution < 1.29 is 23.5 Å². The van der Waals surface area contributed by atoms with Crippen LogP contribution in [-0.4, -0.2) is 35.3 Å². The first-order chi connectivity index (χ1) is 15.9. The summed E-state index contributed by atoms with van der Waals surface area (Å²) >= 11 is 0. The van der Waals surface area contributed by atoms with Gasteiger partial charge >= 0.3 is 0 Å². The van der Waals surface area contributed by atoms with Gasteiger partial charge in [0.1, 0.15) is 17.4 Å². The van der Waals surface area contributed by atoms with Crippen LogP contribution in [0.1, 0.15) is 43.3 Å². The fraction of sp³-hybridized carbons (Fsp3) is 0.375. The van der Waals surface area contributed by atoms with Crippen molar-refractivity contribution in [3.63, 3.8) is 0 Å². The molecule has 3 heterocycles. The number of benzene rings is 1. The molecule has 0 bridgehead atoms. The van der Waals surface area contributed by atoms with Crippen LogP contribution in [0.4, 0.5) is 0 Å². The topological polar surface area (TPSA) is 112 Å². The molecule has 0 spiro atoms. The van der Waals surface area contributed by atoms with Gasteiger partial charge in [0.25, 0.3) is 5.91 Å². The zero-order valence-corrected chi connectivity index (χ0v) is 18.8. The number of nitrogens with one attached hydrogen (secondary N) is 2. The molecule has 0 saturated heterocycles. The third kappa shape index (κ3) is 4.72. The molecule has 1 aliphatic rings. The van der Waals surface area contributed by atoms with Gasteiger partial charge in [-0.05, 0) is 45.4 Å². The van der Waals surface area contributed by atoms with Crippen molar-refractivity contribution in [2.45, 2.75) is 52.2 Å². The van der Waals surface area contributed by atoms with Gasteiger partial charge in [-0.2, -0.15) is 0 Å². The molecule has 0 radical (unpaired) electrons. The summed E-state index contributed by atoms with van der Waals surface area (Å²) in [6.07, 6.45) is 4.52. The maximum absolute atomic E-state index is 13.1. The molecule has 1 aromatic carbocycles. The average molecular weight is 453 g/mol. The smallest absolute Gasteiger partial charge is 0.257 e. The molecule has 0 saturated carbocycles. The molecule has 174 valence electrons. The summed E-state index contributed by atoms with van der Waals surface area (Å²) in [7, 11) is 0. The Labute approximate surface area is 190 Å². The summed E-state index contributed by atoms with van der Waals surface area (Å²) in [5, 5.41) is 5.88. The van der Waals surface area contributed by atoms with Gasteiger partial charge in [0, 0.05) is 31.3 Å². The van der Waals surface area contributed by atoms with Gasteiger partial charge in [-0.3, -0.25) is 14.4 Å². The van der Waals surface area contributed by atoms with Gasteiger partial charge in [-0.15, -0.1) is 0 Å². The minimum absolute atomic E-state index is 0.0336. The third-order valence-electron chi connectivity index (χ3n) is 5.69. The Morgan fingerprint density at radius 1 is 1.15 bits per heavy atom. The van der Waals surface area contributed by atoms with Crippen LogP contribution < -0.4 is 25.5 Å². The van der Waals surface area contributed by atoms with E-state index >= 15 is 0 Å². The fourth-order valence-corrected chi connectivity index (χ4v) is 3.80. The Kier molecular flexibility index (Phi) is 6.39. The first kappa shape index (κ1) is 22.4. The van der Waals surface area contributed by atoms with E-state index in [4.69, 9.17) is 13.9 Å². The fourth-order valence-electron chi connectivity index (χ4n) is 3.80. The van der Waals surface area contributed by atoms with Crippen molar-refractivity contribution in [2.24, 2.45) is 0 Å². The Bertz CT molecular complexity index is 1230. The number of fused-ring (bicyclic) bond motifs is 2. The highest BCUT2D eigenvalue weighted by Gasteiger charge is 2.23. The second kappa shape index (κ2) is 9.40. The number of nitrogens with zero attached hydrogens (tertiary/aromatic N) is 1. The number of aryl methyl sites for hydroxylation is 2. The summed E-state index contributed by atoms with van der Waals surface area (Å²) < 4.78 is 17.9. The van der Waals surface area contributed by atoms with Crippen LogP contribution in [0.3, 0.4) is 0 Å². The van der Waals surface area contributed by atoms with Gasteiger partial charge < -0.3 is 29.1 Å². The zero-order valence-electron chi connectivity index (χ0n) is 18.8. The highest BCUT2D eigenvalue weighted by molar-refractivity contribution is 6.00. The number of rotatable bonds is 8. The Morgan fingerprint density at radius 3 is 2.61 bits per heavy atom. The number of amides is 2. The molecular formula is C24H27N3O6. The number of ether oxygens (including phenoxy) is 2. The van der Waals surface area contributed by atoms with E-state index in [1.54, 1.807) is 29.9 Å². The van der Waals surface area contributed by atoms with Crippen LogP contribution in [0, 0.1) is 0 Å². The van der Waals surface area contributed by atoms with Gasteiger partial charge in [-0.1, -0.05) is 0 Å². The van der Waals surface area contributed by atoms with Crippen molar-refractivity contribution in [2.75, 3.05) is 6.79 Å². The molecule has 1 unspecified atom stereocenters. The van der Waals surface area contributed by atoms with Crippen molar-refractivity contribution in [3.05, 3.63) is 58.3 Å². The van der Waals surface area contributed by atoms with Crippen molar-refractivity contribution in [3.8, 4) is 11.5 Å². The number of hydrogen-bond acceptors (Lipinski definition) is 6. The molecule has 4 rings (SSSR count). The molecule has 2 amide bonds. The molecule has 3 aromatic rings. The average Bonchev–Trinajstić information content (AvgIpc) is 3.48. The predicted molar refractivity (Wildman–Crippen MR) is 122 cm³/mol. The van der Waals surface area contributed by atoms with E-state index in [-0.39, 0.29) is 24.3 Å². The molecule has 0 fully saturated rings. The van der Waals surface area contributed by atoms with Gasteiger partial charge in [0.15, 0.2) is 11.5 Å². The summed E-state index contributed by atoms with van der Waals surface area (Å²) in [6, 6.07) is 6.13. The normalized spacial score (nSPS) is 14.2. The van der Waals surface area contributed by atoms with E-state index in [0.717, 1.165) is 5.76 Å². The predicted octanol–water partition coefficient (Wildman–Crippen LogP) is 2.60. The van der Waals surface area contributed by atoms with Crippen molar-refractivity contribution in [1.29, 1.82) is 0 Å². The lowest BCUT2D eigenvalue weighted by Gasteiger charge is -2.19. The number of aromatic nitrogens is 1. The third-order valence-corrected chi connectivity index (χ3v) is 5.69. The van der Waals surface area contributed by atoms with Crippen LogP contribution in [0.2, 0.25) is 0 Å². The quantitative estimate of drug-likeness (QED) is 0.542. The lowest BCUT2D eigenvalue weighted by molar-refractivity contribution is -0.123. The largest absolute Gasteiger partial charge is 0.469 e. The van der Waals surface area contributed by atoms with Gasteiger partial charge in [0.2, 0.25) is 18.1 Å². The molecule has 33 heavy (non-hydrogen) atoms. The Morgan fingerprint density at radius 2 is 1.91 bits per heavy atom. The monoisotopic (exact) mass is 453 g/mol. The van der Waals surface area contributed by atoms with E-state index < -0.39 is 17.4 Å². The number of pyridine rings is 1. The van der Waals surface area contributed by atoms with E-state index in [1.807, 2.05) is 26.0 Å². The molecular weight excluding hydrogens is 426 g/mol. The van der Waals surface area contributed by atoms with Crippen molar-refractivity contribution >= 4 is 22.7 Å². The van der Waals surface area contributed by atoms with E-state index in [0.29, 0.717) is 41.8 Å². The molecule has 2 N–H and O–H groups in total. The highest BCUT2D eigenvalue weighted by Crippen LogP contribution is 2.35. The number of hydrogen-bond donors (Lipinski definition) is 2. The second-order valence-electron chi connectivity index (χ2n) is 8.10. The molecule has 9 nitrogen and oxygen atoms in total. The lowest BCUT2D eigenvalue weighted by Crippen LogP contribution is -2.48. The molecule has 9 heteroatoms. The molecule has 0 aliphatic carbocycles. The maximum Gasteiger partial charge on any atom is 0.257 e. The zero-order chi connectivity index (χ0) is 23.5. The van der Waals surface area contributed by atoms with Crippen LogP contribution in [0.25, 0.3) is 10.9 Å². The summed E-state index contributed by atoms with van der Waals surface area (Å²) in [5.41, 5.74) is 0.193. The Hall–Kier alpha value is -3.75. The van der Waals surface area contributed by atoms with Gasteiger partial charge in [-0.25, -0.2) is 0 Å². The van der Waals surface area contributed by atoms with E-state index in [9.17, 15) is 14.4 Å². The summed E-state index contributed by atoms with van der Waals surface area (Å²) in [4.78, 5) is 38.6. The lowest BCUT2D eigenvalue weighted by atomic mass is 10.1. The highest BCUT2D eigenvalue weighted by atomic mass is 16.7. The van der Waals surface area contributed by atoms with E-state index in [1.165, 1.54) is 6.20 Å². The standard InChI is InChI=1S/C24H27N3O6/c1-4-27-12-18(22(28)17-10-20-21(11-19(17)27)33-13-32-20)24(30)26-15(3)23(29)25-14(2)7-8-16-6-5-9-31-16/h5-6,9-12,14-15H,4,7-8,13H2,1-3H3,(H,25,29)(H,26,30)/t14?,15-/m0/s1. The van der Waals surface area contributed by atoms with E-state index in [2.05, 4.69) is 10.6 Å². The minimum Gasteiger partial charge on any atom is -0.469 e. The Balaban J connectivity index is 1.46. The van der Waals surface area contributed by atoms with Crippen LogP contribution in [0.5, 0.6) is 11.5 Å². The number of carbonyl (C=O) groups excluding carboxylic acids is 2. The first-order valence-corrected chi connectivity index (χ1v) is 11.0. The van der Waals surface area contributed by atoms with Crippen molar-refractivity contribution in [1.82, 2.24) is 15.2 Å². The number of furan rings is 1. The molecule has 2 aromatic heterocycles. The van der Waals surface area contributed by atoms with Gasteiger partial charge in [0.05, 0.1) is 17.2 Å². The van der Waals surface area contributed by atoms with Crippen LogP contribution >= 0.6 is 0 Å². The van der Waals surface area contributed by atoms with Crippen LogP contribution in [-0.2, 0) is 17.8 Å². The minimum atomic E-state index is -0.814. The second-order valence-corrected chi connectivity index (χ2v) is 8.10. The first-order valence-electron chi connectivity index (χ1n) is 11.0. The summed E-state index contributed by atoms with van der Waals surface area (Å²) in [6.45, 7) is 6.02. The van der Waals surface area contributed by atoms with Crippen LogP contribution in [0.15, 0.2) is 45.9 Å². The number of carbonyl (C=O) groups is 2.